The molecule has 1 aromatic heterocycles. The molecule has 1 unspecified atom stereocenters. The summed E-state index contributed by atoms with van der Waals surface area (Å²) in [5, 5.41) is 10.5. The van der Waals surface area contributed by atoms with Crippen molar-refractivity contribution in [3.05, 3.63) is 107 Å². The number of hydrogen-bond acceptors (Lipinski definition) is 4. The van der Waals surface area contributed by atoms with Crippen LogP contribution in [-0.2, 0) is 4.79 Å². The van der Waals surface area contributed by atoms with Gasteiger partial charge in [-0.25, -0.2) is 4.68 Å². The van der Waals surface area contributed by atoms with Crippen molar-refractivity contribution in [1.82, 2.24) is 9.78 Å². The van der Waals surface area contributed by atoms with Crippen LogP contribution in [0.5, 0.6) is 0 Å². The number of carbonyl (C=O) groups is 1. The maximum Gasteiger partial charge on any atom is 0.267 e. The van der Waals surface area contributed by atoms with E-state index in [2.05, 4.69) is 15.7 Å². The molecule has 0 radical (unpaired) electrons. The molecule has 6 nitrogen and oxygen atoms in total. The largest absolute Gasteiger partial charge is 0.356 e. The smallest absolute Gasteiger partial charge is 0.267 e. The maximum atomic E-state index is 12.8. The zero-order valence-corrected chi connectivity index (χ0v) is 17.0. The van der Waals surface area contributed by atoms with Gasteiger partial charge < -0.3 is 10.6 Å². The second kappa shape index (κ2) is 9.09. The number of benzene rings is 3. The number of aromatic nitrogens is 2. The minimum absolute atomic E-state index is 0.316. The lowest BCUT2D eigenvalue weighted by Crippen LogP contribution is -2.33. The molecule has 0 aliphatic carbocycles. The van der Waals surface area contributed by atoms with E-state index in [0.717, 1.165) is 16.9 Å². The van der Waals surface area contributed by atoms with Gasteiger partial charge in [-0.05, 0) is 49.4 Å². The highest BCUT2D eigenvalue weighted by atomic mass is 16.2. The zero-order valence-electron chi connectivity index (χ0n) is 17.0. The zero-order chi connectivity index (χ0) is 21.6. The summed E-state index contributed by atoms with van der Waals surface area (Å²) in [6.45, 7) is 1.66. The van der Waals surface area contributed by atoms with Crippen LogP contribution >= 0.6 is 0 Å². The number of nitrogens with zero attached hydrogens (tertiary/aromatic N) is 2. The number of carbonyl (C=O) groups excluding carboxylic acids is 1. The van der Waals surface area contributed by atoms with Crippen LogP contribution in [0, 0.1) is 0 Å². The van der Waals surface area contributed by atoms with Crippen LogP contribution < -0.4 is 16.2 Å². The van der Waals surface area contributed by atoms with Crippen LogP contribution in [0.15, 0.2) is 102 Å². The van der Waals surface area contributed by atoms with E-state index in [1.807, 2.05) is 84.9 Å². The highest BCUT2D eigenvalue weighted by molar-refractivity contribution is 5.93. The minimum Gasteiger partial charge on any atom is -0.356 e. The molecule has 1 amide bonds. The molecule has 0 aliphatic heterocycles. The van der Waals surface area contributed by atoms with E-state index in [0.29, 0.717) is 11.4 Å². The lowest BCUT2D eigenvalue weighted by Gasteiger charge is -2.15. The van der Waals surface area contributed by atoms with E-state index in [-0.39, 0.29) is 11.5 Å². The molecule has 1 atom stereocenters. The van der Waals surface area contributed by atoms with E-state index >= 15 is 0 Å². The fourth-order valence-corrected chi connectivity index (χ4v) is 3.15. The van der Waals surface area contributed by atoms with Crippen molar-refractivity contribution in [2.24, 2.45) is 0 Å². The van der Waals surface area contributed by atoms with Gasteiger partial charge in [-0.1, -0.05) is 48.5 Å². The third-order valence-corrected chi connectivity index (χ3v) is 4.86. The number of nitrogens with one attached hydrogen (secondary N) is 2. The standard InChI is InChI=1S/C25H22N4O2/c1-18(29-24(30)17-16-23(28-29)19-8-4-2-5-9-19)25(31)27-22-14-12-21(13-15-22)26-20-10-6-3-7-11-20/h2-18,26H,1H3,(H,27,31). The molecule has 0 saturated heterocycles. The summed E-state index contributed by atoms with van der Waals surface area (Å²) in [6.07, 6.45) is 0. The Kier molecular flexibility index (Phi) is 5.89. The van der Waals surface area contributed by atoms with Gasteiger partial charge in [0.15, 0.2) is 0 Å². The van der Waals surface area contributed by atoms with Crippen molar-refractivity contribution in [2.45, 2.75) is 13.0 Å². The van der Waals surface area contributed by atoms with Crippen LogP contribution in [0.25, 0.3) is 11.3 Å². The Balaban J connectivity index is 1.47. The van der Waals surface area contributed by atoms with Crippen molar-refractivity contribution in [1.29, 1.82) is 0 Å². The Bertz CT molecular complexity index is 1220. The van der Waals surface area contributed by atoms with Gasteiger partial charge in [0, 0.05) is 28.7 Å². The molecule has 0 aliphatic rings. The number of hydrogen-bond donors (Lipinski definition) is 2. The van der Waals surface area contributed by atoms with E-state index in [9.17, 15) is 9.59 Å². The van der Waals surface area contributed by atoms with Gasteiger partial charge in [-0.2, -0.15) is 5.10 Å². The summed E-state index contributed by atoms with van der Waals surface area (Å²) in [5.41, 5.74) is 3.72. The molecule has 31 heavy (non-hydrogen) atoms. The molecule has 4 aromatic rings. The molecular formula is C25H22N4O2. The van der Waals surface area contributed by atoms with Gasteiger partial charge in [-0.3, -0.25) is 9.59 Å². The summed E-state index contributed by atoms with van der Waals surface area (Å²) in [6, 6.07) is 29.1. The first kappa shape index (κ1) is 20.1. The molecule has 0 bridgehead atoms. The molecular weight excluding hydrogens is 388 g/mol. The van der Waals surface area contributed by atoms with E-state index in [4.69, 9.17) is 0 Å². The van der Waals surface area contributed by atoms with Crippen LogP contribution in [-0.4, -0.2) is 15.7 Å². The van der Waals surface area contributed by atoms with Crippen molar-refractivity contribution >= 4 is 23.0 Å². The van der Waals surface area contributed by atoms with Crippen molar-refractivity contribution in [3.63, 3.8) is 0 Å². The molecule has 154 valence electrons. The molecule has 1 heterocycles. The Hall–Kier alpha value is -4.19. The van der Waals surface area contributed by atoms with E-state index < -0.39 is 6.04 Å². The summed E-state index contributed by atoms with van der Waals surface area (Å²) >= 11 is 0. The van der Waals surface area contributed by atoms with Crippen LogP contribution in [0.2, 0.25) is 0 Å². The highest BCUT2D eigenvalue weighted by Gasteiger charge is 2.18. The summed E-state index contributed by atoms with van der Waals surface area (Å²) in [4.78, 5) is 25.1. The molecule has 3 aromatic carbocycles. The normalized spacial score (nSPS) is 11.5. The Morgan fingerprint density at radius 2 is 1.35 bits per heavy atom. The summed E-state index contributed by atoms with van der Waals surface area (Å²) < 4.78 is 1.21. The molecule has 0 saturated carbocycles. The van der Waals surface area contributed by atoms with Crippen molar-refractivity contribution in [2.75, 3.05) is 10.6 Å². The molecule has 4 rings (SSSR count). The number of rotatable bonds is 6. The molecule has 0 fully saturated rings. The lowest BCUT2D eigenvalue weighted by atomic mass is 10.1. The monoisotopic (exact) mass is 410 g/mol. The summed E-state index contributed by atoms with van der Waals surface area (Å²) in [7, 11) is 0. The second-order valence-corrected chi connectivity index (χ2v) is 7.10. The summed E-state index contributed by atoms with van der Waals surface area (Å²) in [5.74, 6) is -0.316. The molecule has 2 N–H and O–H groups in total. The van der Waals surface area contributed by atoms with Gasteiger partial charge in [0.2, 0.25) is 5.91 Å². The highest BCUT2D eigenvalue weighted by Crippen LogP contribution is 2.20. The van der Waals surface area contributed by atoms with E-state index in [1.54, 1.807) is 13.0 Å². The van der Waals surface area contributed by atoms with E-state index in [1.165, 1.54) is 10.7 Å². The van der Waals surface area contributed by atoms with Crippen molar-refractivity contribution in [3.8, 4) is 11.3 Å². The van der Waals surface area contributed by atoms with Crippen LogP contribution in [0.4, 0.5) is 17.1 Å². The number of para-hydroxylation sites is 1. The first-order chi connectivity index (χ1) is 15.1. The van der Waals surface area contributed by atoms with Crippen LogP contribution in [0.1, 0.15) is 13.0 Å². The van der Waals surface area contributed by atoms with Gasteiger partial charge in [-0.15, -0.1) is 0 Å². The lowest BCUT2D eigenvalue weighted by molar-refractivity contribution is -0.119. The van der Waals surface area contributed by atoms with Gasteiger partial charge in [0.05, 0.1) is 5.69 Å². The second-order valence-electron chi connectivity index (χ2n) is 7.10. The third kappa shape index (κ3) is 4.87. The van der Waals surface area contributed by atoms with Gasteiger partial charge in [0.1, 0.15) is 6.04 Å². The first-order valence-electron chi connectivity index (χ1n) is 9.98. The van der Waals surface area contributed by atoms with Crippen LogP contribution in [0.3, 0.4) is 0 Å². The van der Waals surface area contributed by atoms with Gasteiger partial charge in [0.25, 0.3) is 5.56 Å². The number of anilines is 3. The number of amides is 1. The predicted molar refractivity (Wildman–Crippen MR) is 123 cm³/mol. The SMILES string of the molecule is CC(C(=O)Nc1ccc(Nc2ccccc2)cc1)n1nc(-c2ccccc2)ccc1=O. The topological polar surface area (TPSA) is 76.0 Å². The average Bonchev–Trinajstić information content (AvgIpc) is 2.81. The first-order valence-corrected chi connectivity index (χ1v) is 9.98. The van der Waals surface area contributed by atoms with Crippen molar-refractivity contribution < 1.29 is 4.79 Å². The Morgan fingerprint density at radius 3 is 2.03 bits per heavy atom. The van der Waals surface area contributed by atoms with Gasteiger partial charge >= 0.3 is 0 Å². The fraction of sp³-hybridized carbons (Fsp3) is 0.0800. The minimum atomic E-state index is -0.765. The maximum absolute atomic E-state index is 12.8. The molecule has 6 heteroatoms. The third-order valence-electron chi connectivity index (χ3n) is 4.86. The predicted octanol–water partition coefficient (Wildman–Crippen LogP) is 4.85. The fourth-order valence-electron chi connectivity index (χ4n) is 3.15. The Labute approximate surface area is 180 Å². The quantitative estimate of drug-likeness (QED) is 0.476. The average molecular weight is 410 g/mol. The Morgan fingerprint density at radius 1 is 0.774 bits per heavy atom. The molecule has 0 spiro atoms.